The summed E-state index contributed by atoms with van der Waals surface area (Å²) in [7, 11) is -3.23. The lowest BCUT2D eigenvalue weighted by atomic mass is 9.89. The van der Waals surface area contributed by atoms with Crippen LogP contribution < -0.4 is 4.72 Å². The average molecular weight is 389 g/mol. The van der Waals surface area contributed by atoms with Crippen LogP contribution in [0.5, 0.6) is 0 Å². The number of hydrogen-bond donors (Lipinski definition) is 1. The van der Waals surface area contributed by atoms with Gasteiger partial charge in [0, 0.05) is 30.7 Å². The predicted octanol–water partition coefficient (Wildman–Crippen LogP) is 4.01. The number of nitrogens with one attached hydrogen (secondary N) is 1. The molecule has 5 heteroatoms. The summed E-state index contributed by atoms with van der Waals surface area (Å²) < 4.78 is 25.6. The van der Waals surface area contributed by atoms with Gasteiger partial charge < -0.3 is 0 Å². The summed E-state index contributed by atoms with van der Waals surface area (Å²) in [6.45, 7) is 5.73. The molecule has 27 heavy (non-hydrogen) atoms. The van der Waals surface area contributed by atoms with Gasteiger partial charge >= 0.3 is 0 Å². The number of benzene rings is 1. The van der Waals surface area contributed by atoms with E-state index in [9.17, 15) is 8.42 Å². The van der Waals surface area contributed by atoms with Gasteiger partial charge in [0.15, 0.2) is 0 Å². The molecule has 148 valence electrons. The lowest BCUT2D eigenvalue weighted by Crippen LogP contribution is -2.29. The number of allylic oxidation sites excluding steroid dienone is 1. The van der Waals surface area contributed by atoms with Gasteiger partial charge in [-0.15, -0.1) is 0 Å². The van der Waals surface area contributed by atoms with Crippen molar-refractivity contribution in [2.24, 2.45) is 17.8 Å². The molecule has 3 fully saturated rings. The topological polar surface area (TPSA) is 49.4 Å². The molecule has 4 rings (SSSR count). The largest absolute Gasteiger partial charge is 0.299 e. The third-order valence-corrected chi connectivity index (χ3v) is 7.64. The number of likely N-dealkylation sites (tertiary alicyclic amines) is 1. The zero-order valence-electron chi connectivity index (χ0n) is 16.5. The molecule has 1 N–H and O–H groups in total. The lowest BCUT2D eigenvalue weighted by Gasteiger charge is -2.24. The molecule has 4 nitrogen and oxygen atoms in total. The summed E-state index contributed by atoms with van der Waals surface area (Å²) in [6.07, 6.45) is 13.0. The Morgan fingerprint density at radius 1 is 1.19 bits per heavy atom. The van der Waals surface area contributed by atoms with Crippen LogP contribution >= 0.6 is 0 Å². The van der Waals surface area contributed by atoms with Gasteiger partial charge in [0.05, 0.1) is 6.26 Å². The Labute approximate surface area is 164 Å². The van der Waals surface area contributed by atoms with Crippen LogP contribution in [0.3, 0.4) is 0 Å². The van der Waals surface area contributed by atoms with Crippen LogP contribution in [-0.4, -0.2) is 39.2 Å². The molecule has 2 saturated carbocycles. The van der Waals surface area contributed by atoms with Crippen molar-refractivity contribution in [3.05, 3.63) is 42.0 Å². The number of hydrogen-bond acceptors (Lipinski definition) is 3. The molecule has 3 aliphatic rings. The van der Waals surface area contributed by atoms with E-state index in [-0.39, 0.29) is 5.41 Å². The lowest BCUT2D eigenvalue weighted by molar-refractivity contribution is 0.303. The molecule has 0 amide bonds. The van der Waals surface area contributed by atoms with Gasteiger partial charge in [-0.25, -0.2) is 8.42 Å². The predicted molar refractivity (Wildman–Crippen MR) is 111 cm³/mol. The maximum absolute atomic E-state index is 11.5. The van der Waals surface area contributed by atoms with Gasteiger partial charge in [-0.05, 0) is 48.3 Å². The van der Waals surface area contributed by atoms with E-state index in [0.717, 1.165) is 25.6 Å². The second-order valence-electron chi connectivity index (χ2n) is 9.00. The van der Waals surface area contributed by atoms with Gasteiger partial charge in [-0.2, -0.15) is 0 Å². The summed E-state index contributed by atoms with van der Waals surface area (Å²) in [5.41, 5.74) is 2.13. The average Bonchev–Trinajstić information content (AvgIpc) is 2.98. The van der Waals surface area contributed by atoms with E-state index in [2.05, 4.69) is 34.8 Å². The van der Waals surface area contributed by atoms with Crippen molar-refractivity contribution in [3.8, 4) is 0 Å². The van der Waals surface area contributed by atoms with Crippen molar-refractivity contribution in [2.45, 2.75) is 44.4 Å². The Morgan fingerprint density at radius 3 is 2.56 bits per heavy atom. The second kappa shape index (κ2) is 7.25. The van der Waals surface area contributed by atoms with E-state index < -0.39 is 10.0 Å². The SMILES string of the molecule is CC1(c2cccc(NS(C)(=O)=O)c2)C2CN(CC=CC3CCCCC3)CC21. The monoisotopic (exact) mass is 388 g/mol. The highest BCUT2D eigenvalue weighted by molar-refractivity contribution is 7.92. The molecule has 2 unspecified atom stereocenters. The molecule has 0 spiro atoms. The van der Waals surface area contributed by atoms with Gasteiger partial charge in [0.1, 0.15) is 0 Å². The fourth-order valence-electron chi connectivity index (χ4n) is 5.40. The third-order valence-electron chi connectivity index (χ3n) is 7.04. The maximum Gasteiger partial charge on any atom is 0.229 e. The molecule has 2 atom stereocenters. The molecule has 0 bridgehead atoms. The van der Waals surface area contributed by atoms with Crippen LogP contribution in [0.15, 0.2) is 36.4 Å². The first-order valence-corrected chi connectivity index (χ1v) is 12.2. The molecule has 0 aromatic heterocycles. The minimum absolute atomic E-state index is 0.193. The standard InChI is InChI=1S/C22H32N2O2S/c1-22(18-11-6-12-19(14-18)23-27(2,25)26)20-15-24(16-21(20)22)13-7-10-17-8-4-3-5-9-17/h6-7,10-12,14,17,20-21,23H,3-5,8-9,13,15-16H2,1-2H3. The molecule has 0 radical (unpaired) electrons. The minimum Gasteiger partial charge on any atom is -0.299 e. The molecule has 1 aromatic rings. The van der Waals surface area contributed by atoms with Crippen LogP contribution in [0, 0.1) is 17.8 Å². The Kier molecular flexibility index (Phi) is 5.10. The molecule has 1 aromatic carbocycles. The van der Waals surface area contributed by atoms with Gasteiger partial charge in [0.25, 0.3) is 0 Å². The Bertz CT molecular complexity index is 799. The number of piperidine rings is 1. The van der Waals surface area contributed by atoms with Crippen LogP contribution in [-0.2, 0) is 15.4 Å². The van der Waals surface area contributed by atoms with Crippen LogP contribution in [0.1, 0.15) is 44.6 Å². The summed E-state index contributed by atoms with van der Waals surface area (Å²) in [6, 6.07) is 7.97. The Balaban J connectivity index is 1.33. The molecular weight excluding hydrogens is 356 g/mol. The van der Waals surface area contributed by atoms with Crippen molar-refractivity contribution in [2.75, 3.05) is 30.6 Å². The van der Waals surface area contributed by atoms with Crippen LogP contribution in [0.2, 0.25) is 0 Å². The van der Waals surface area contributed by atoms with E-state index in [1.165, 1.54) is 43.9 Å². The number of anilines is 1. The fourth-order valence-corrected chi connectivity index (χ4v) is 5.96. The highest BCUT2D eigenvalue weighted by atomic mass is 32.2. The molecule has 1 aliphatic heterocycles. The molecule has 2 aliphatic carbocycles. The highest BCUT2D eigenvalue weighted by Gasteiger charge is 2.65. The number of rotatable bonds is 6. The Morgan fingerprint density at radius 2 is 1.89 bits per heavy atom. The van der Waals surface area contributed by atoms with Crippen molar-refractivity contribution in [1.29, 1.82) is 0 Å². The highest BCUT2D eigenvalue weighted by Crippen LogP contribution is 2.63. The van der Waals surface area contributed by atoms with Gasteiger partial charge in [-0.1, -0.05) is 50.5 Å². The van der Waals surface area contributed by atoms with Crippen molar-refractivity contribution < 1.29 is 8.42 Å². The van der Waals surface area contributed by atoms with Crippen LogP contribution in [0.4, 0.5) is 5.69 Å². The molecule has 1 heterocycles. The summed E-state index contributed by atoms with van der Waals surface area (Å²) in [5.74, 6) is 2.19. The van der Waals surface area contributed by atoms with E-state index in [1.54, 1.807) is 0 Å². The van der Waals surface area contributed by atoms with Crippen molar-refractivity contribution in [3.63, 3.8) is 0 Å². The number of sulfonamides is 1. The Hall–Kier alpha value is -1.33. The smallest absolute Gasteiger partial charge is 0.229 e. The van der Waals surface area contributed by atoms with Gasteiger partial charge in [-0.3, -0.25) is 9.62 Å². The van der Waals surface area contributed by atoms with Crippen molar-refractivity contribution in [1.82, 2.24) is 4.90 Å². The second-order valence-corrected chi connectivity index (χ2v) is 10.7. The molecular formula is C22H32N2O2S. The first kappa shape index (κ1) is 19.0. The minimum atomic E-state index is -3.23. The first-order valence-electron chi connectivity index (χ1n) is 10.3. The van der Waals surface area contributed by atoms with Gasteiger partial charge in [0.2, 0.25) is 10.0 Å². The van der Waals surface area contributed by atoms with E-state index in [4.69, 9.17) is 0 Å². The summed E-state index contributed by atoms with van der Waals surface area (Å²) >= 11 is 0. The number of nitrogens with zero attached hydrogens (tertiary/aromatic N) is 1. The first-order chi connectivity index (χ1) is 12.9. The van der Waals surface area contributed by atoms with Crippen LogP contribution in [0.25, 0.3) is 0 Å². The number of fused-ring (bicyclic) bond motifs is 1. The quantitative estimate of drug-likeness (QED) is 0.749. The maximum atomic E-state index is 11.5. The molecule has 1 saturated heterocycles. The summed E-state index contributed by atoms with van der Waals surface area (Å²) in [5, 5.41) is 0. The third kappa shape index (κ3) is 4.09. The zero-order valence-corrected chi connectivity index (χ0v) is 17.3. The fraction of sp³-hybridized carbons (Fsp3) is 0.636. The summed E-state index contributed by atoms with van der Waals surface area (Å²) in [4.78, 5) is 2.58. The van der Waals surface area contributed by atoms with Crippen molar-refractivity contribution >= 4 is 15.7 Å². The van der Waals surface area contributed by atoms with E-state index in [0.29, 0.717) is 17.5 Å². The van der Waals surface area contributed by atoms with E-state index in [1.807, 2.05) is 18.2 Å². The van der Waals surface area contributed by atoms with E-state index >= 15 is 0 Å². The zero-order chi connectivity index (χ0) is 19.1. The normalized spacial score (nSPS) is 31.9.